The molecule has 2 heterocycles. The van der Waals surface area contributed by atoms with Crippen molar-refractivity contribution in [2.45, 2.75) is 32.2 Å². The molecule has 0 aromatic carbocycles. The quantitative estimate of drug-likeness (QED) is 0.474. The van der Waals surface area contributed by atoms with Crippen molar-refractivity contribution in [1.82, 2.24) is 9.88 Å². The molecule has 1 aliphatic rings. The van der Waals surface area contributed by atoms with Gasteiger partial charge in [-0.05, 0) is 12.8 Å². The van der Waals surface area contributed by atoms with Crippen LogP contribution in [0.25, 0.3) is 0 Å². The van der Waals surface area contributed by atoms with Crippen molar-refractivity contribution in [1.29, 1.82) is 0 Å². The van der Waals surface area contributed by atoms with E-state index in [1.807, 2.05) is 19.0 Å². The summed E-state index contributed by atoms with van der Waals surface area (Å²) in [6.07, 6.45) is 5.06. The first kappa shape index (κ1) is 17.5. The summed E-state index contributed by atoms with van der Waals surface area (Å²) in [6, 6.07) is 0. The molecule has 1 fully saturated rings. The Morgan fingerprint density at radius 2 is 2.00 bits per heavy atom. The summed E-state index contributed by atoms with van der Waals surface area (Å²) in [4.78, 5) is 13.2. The minimum Gasteiger partial charge on any atom is -0.370 e. The largest absolute Gasteiger partial charge is 0.370 e. The number of aliphatic imine (C=N–C) groups is 1. The van der Waals surface area contributed by atoms with Crippen molar-refractivity contribution in [2.24, 2.45) is 10.7 Å². The van der Waals surface area contributed by atoms with Gasteiger partial charge in [-0.15, -0.1) is 35.3 Å². The molecular weight excluding hydrogens is 385 g/mol. The highest BCUT2D eigenvalue weighted by Gasteiger charge is 2.11. The Kier molecular flexibility index (Phi) is 7.57. The van der Waals surface area contributed by atoms with Gasteiger partial charge in [0.15, 0.2) is 11.1 Å². The van der Waals surface area contributed by atoms with Crippen LogP contribution in [0.3, 0.4) is 0 Å². The van der Waals surface area contributed by atoms with Crippen molar-refractivity contribution >= 4 is 46.4 Å². The van der Waals surface area contributed by atoms with E-state index in [0.29, 0.717) is 12.5 Å². The van der Waals surface area contributed by atoms with Gasteiger partial charge in [0.1, 0.15) is 0 Å². The average molecular weight is 409 g/mol. The summed E-state index contributed by atoms with van der Waals surface area (Å²) in [5.74, 6) is 0.668. The first-order chi connectivity index (χ1) is 9.16. The number of guanidine groups is 1. The highest BCUT2D eigenvalue weighted by molar-refractivity contribution is 14.0. The van der Waals surface area contributed by atoms with E-state index in [1.54, 1.807) is 11.3 Å². The predicted octanol–water partition coefficient (Wildman–Crippen LogP) is 2.52. The fraction of sp³-hybridized carbons (Fsp3) is 0.692. The molecule has 2 rings (SSSR count). The van der Waals surface area contributed by atoms with Crippen molar-refractivity contribution in [3.63, 3.8) is 0 Å². The zero-order valence-electron chi connectivity index (χ0n) is 12.2. The lowest BCUT2D eigenvalue weighted by molar-refractivity contribution is 0.428. The van der Waals surface area contributed by atoms with E-state index >= 15 is 0 Å². The van der Waals surface area contributed by atoms with Crippen LogP contribution in [-0.2, 0) is 6.54 Å². The maximum absolute atomic E-state index is 6.07. The van der Waals surface area contributed by atoms with Gasteiger partial charge in [0.25, 0.3) is 0 Å². The summed E-state index contributed by atoms with van der Waals surface area (Å²) < 4.78 is 0. The molecule has 0 radical (unpaired) electrons. The van der Waals surface area contributed by atoms with Crippen LogP contribution < -0.4 is 10.6 Å². The maximum Gasteiger partial charge on any atom is 0.191 e. The minimum atomic E-state index is 0. The Labute approximate surface area is 142 Å². The van der Waals surface area contributed by atoms with E-state index in [-0.39, 0.29) is 24.0 Å². The van der Waals surface area contributed by atoms with Gasteiger partial charge in [-0.3, -0.25) is 0 Å². The molecular formula is C13H24IN5S. The molecule has 0 bridgehead atoms. The van der Waals surface area contributed by atoms with Crippen LogP contribution in [0.4, 0.5) is 5.13 Å². The topological polar surface area (TPSA) is 57.8 Å². The highest BCUT2D eigenvalue weighted by atomic mass is 127. The number of halogens is 1. The summed E-state index contributed by atoms with van der Waals surface area (Å²) in [6.45, 7) is 2.65. The normalized spacial score (nSPS) is 16.5. The fourth-order valence-electron chi connectivity index (χ4n) is 2.14. The summed E-state index contributed by atoms with van der Waals surface area (Å²) in [7, 11) is 3.99. The molecule has 2 N–H and O–H groups in total. The number of rotatable bonds is 3. The van der Waals surface area contributed by atoms with E-state index in [1.165, 1.54) is 25.7 Å². The van der Waals surface area contributed by atoms with Crippen LogP contribution in [0.5, 0.6) is 0 Å². The van der Waals surface area contributed by atoms with E-state index in [0.717, 1.165) is 23.9 Å². The smallest absolute Gasteiger partial charge is 0.191 e. The Morgan fingerprint density at radius 1 is 1.35 bits per heavy atom. The summed E-state index contributed by atoms with van der Waals surface area (Å²) in [5.41, 5.74) is 7.07. The molecule has 20 heavy (non-hydrogen) atoms. The standard InChI is InChI=1S/C13H23N5S.HI/c1-17(2)13-16-11(10-19-13)9-15-12(14)18-7-5-3-4-6-8-18;/h10H,3-9H2,1-2H3,(H2,14,15);1H. The van der Waals surface area contributed by atoms with Gasteiger partial charge in [0, 0.05) is 32.6 Å². The molecule has 0 unspecified atom stereocenters. The lowest BCUT2D eigenvalue weighted by atomic mass is 10.2. The molecule has 0 spiro atoms. The van der Waals surface area contributed by atoms with Crippen LogP contribution in [-0.4, -0.2) is 43.0 Å². The van der Waals surface area contributed by atoms with E-state index < -0.39 is 0 Å². The van der Waals surface area contributed by atoms with Crippen LogP contribution in [0.1, 0.15) is 31.4 Å². The number of hydrogen-bond donors (Lipinski definition) is 1. The van der Waals surface area contributed by atoms with Crippen LogP contribution >= 0.6 is 35.3 Å². The molecule has 0 aliphatic carbocycles. The van der Waals surface area contributed by atoms with Crippen LogP contribution in [0.2, 0.25) is 0 Å². The van der Waals surface area contributed by atoms with Gasteiger partial charge in [-0.2, -0.15) is 0 Å². The first-order valence-electron chi connectivity index (χ1n) is 6.83. The minimum absolute atomic E-state index is 0. The number of aromatic nitrogens is 1. The van der Waals surface area contributed by atoms with Gasteiger partial charge in [0.05, 0.1) is 12.2 Å². The van der Waals surface area contributed by atoms with Crippen molar-refractivity contribution in [3.8, 4) is 0 Å². The maximum atomic E-state index is 6.07. The van der Waals surface area contributed by atoms with E-state index in [4.69, 9.17) is 5.73 Å². The zero-order valence-corrected chi connectivity index (χ0v) is 15.4. The first-order valence-corrected chi connectivity index (χ1v) is 7.71. The number of nitrogens with zero attached hydrogens (tertiary/aromatic N) is 4. The molecule has 0 saturated carbocycles. The van der Waals surface area contributed by atoms with Gasteiger partial charge in [-0.1, -0.05) is 12.8 Å². The van der Waals surface area contributed by atoms with Gasteiger partial charge >= 0.3 is 0 Å². The van der Waals surface area contributed by atoms with Crippen LogP contribution in [0.15, 0.2) is 10.4 Å². The molecule has 1 saturated heterocycles. The average Bonchev–Trinajstić information content (AvgIpc) is 2.70. The Hall–Kier alpha value is -0.570. The molecule has 1 aromatic rings. The highest BCUT2D eigenvalue weighted by Crippen LogP contribution is 2.18. The second-order valence-electron chi connectivity index (χ2n) is 5.09. The van der Waals surface area contributed by atoms with Crippen molar-refractivity contribution < 1.29 is 0 Å². The summed E-state index contributed by atoms with van der Waals surface area (Å²) in [5, 5.41) is 3.06. The monoisotopic (exact) mass is 409 g/mol. The van der Waals surface area contributed by atoms with Gasteiger partial charge < -0.3 is 15.5 Å². The SMILES string of the molecule is CN(C)c1nc(CN=C(N)N2CCCCCC2)cs1.I. The molecule has 0 atom stereocenters. The summed E-state index contributed by atoms with van der Waals surface area (Å²) >= 11 is 1.64. The third kappa shape index (κ3) is 5.08. The molecule has 7 heteroatoms. The number of hydrogen-bond acceptors (Lipinski definition) is 4. The third-order valence-corrected chi connectivity index (χ3v) is 4.31. The van der Waals surface area contributed by atoms with Gasteiger partial charge in [-0.25, -0.2) is 9.98 Å². The molecule has 1 aromatic heterocycles. The van der Waals surface area contributed by atoms with Crippen LogP contribution in [0, 0.1) is 0 Å². The van der Waals surface area contributed by atoms with E-state index in [2.05, 4.69) is 20.3 Å². The lowest BCUT2D eigenvalue weighted by Gasteiger charge is -2.20. The predicted molar refractivity (Wildman–Crippen MR) is 97.2 cm³/mol. The van der Waals surface area contributed by atoms with Crippen molar-refractivity contribution in [3.05, 3.63) is 11.1 Å². The fourth-order valence-corrected chi connectivity index (χ4v) is 2.89. The molecule has 0 amide bonds. The molecule has 5 nitrogen and oxygen atoms in total. The van der Waals surface area contributed by atoms with Crippen molar-refractivity contribution in [2.75, 3.05) is 32.1 Å². The van der Waals surface area contributed by atoms with E-state index in [9.17, 15) is 0 Å². The van der Waals surface area contributed by atoms with Gasteiger partial charge in [0.2, 0.25) is 0 Å². The number of anilines is 1. The Morgan fingerprint density at radius 3 is 2.55 bits per heavy atom. The molecule has 114 valence electrons. The number of likely N-dealkylation sites (tertiary alicyclic amines) is 1. The molecule has 1 aliphatic heterocycles. The Balaban J connectivity index is 0.00000200. The zero-order chi connectivity index (χ0) is 13.7. The number of nitrogens with two attached hydrogens (primary N) is 1. The number of thiazole rings is 1. The third-order valence-electron chi connectivity index (χ3n) is 3.26. The second-order valence-corrected chi connectivity index (χ2v) is 5.93. The lowest BCUT2D eigenvalue weighted by Crippen LogP contribution is -2.38. The Bertz CT molecular complexity index is 424. The second kappa shape index (κ2) is 8.66.